The molecule has 2 heterocycles. The molecule has 0 radical (unpaired) electrons. The summed E-state index contributed by atoms with van der Waals surface area (Å²) >= 11 is 6.04. The van der Waals surface area contributed by atoms with Crippen molar-refractivity contribution in [2.45, 2.75) is 25.4 Å². The van der Waals surface area contributed by atoms with Gasteiger partial charge in [-0.25, -0.2) is 9.78 Å². The van der Waals surface area contributed by atoms with Crippen LogP contribution in [0, 0.1) is 0 Å². The van der Waals surface area contributed by atoms with Gasteiger partial charge >= 0.3 is 6.03 Å². The second-order valence-corrected chi connectivity index (χ2v) is 6.40. The fourth-order valence-electron chi connectivity index (χ4n) is 2.90. The highest BCUT2D eigenvalue weighted by molar-refractivity contribution is 6.30. The van der Waals surface area contributed by atoms with Gasteiger partial charge in [-0.05, 0) is 31.0 Å². The molecule has 1 aliphatic heterocycles. The maximum absolute atomic E-state index is 12.0. The predicted molar refractivity (Wildman–Crippen MR) is 95.4 cm³/mol. The number of anilines is 1. The third-order valence-electron chi connectivity index (χ3n) is 4.13. The molecule has 0 aliphatic carbocycles. The minimum absolute atomic E-state index is 0.0985. The zero-order valence-corrected chi connectivity index (χ0v) is 14.2. The standard InChI is InChI=1S/C17H22ClN5O/c18-14-3-1-4-16(11-14)23-9-5-15(12-23)21-17(24)20-6-2-8-22-10-7-19-13-22/h1,3-4,7,10-11,13,15H,2,5-6,8-9,12H2,(H2,20,21,24). The summed E-state index contributed by atoms with van der Waals surface area (Å²) in [5.74, 6) is 0. The van der Waals surface area contributed by atoms with E-state index in [1.807, 2.05) is 35.0 Å². The normalized spacial score (nSPS) is 17.0. The monoisotopic (exact) mass is 347 g/mol. The Morgan fingerprint density at radius 2 is 2.33 bits per heavy atom. The Labute approximate surface area is 146 Å². The van der Waals surface area contributed by atoms with Crippen LogP contribution in [0.3, 0.4) is 0 Å². The Hall–Kier alpha value is -2.21. The zero-order chi connectivity index (χ0) is 16.8. The summed E-state index contributed by atoms with van der Waals surface area (Å²) in [5.41, 5.74) is 1.10. The van der Waals surface area contributed by atoms with Crippen LogP contribution in [0.15, 0.2) is 43.0 Å². The Kier molecular flexibility index (Phi) is 5.59. The Bertz CT molecular complexity index is 661. The van der Waals surface area contributed by atoms with Crippen LogP contribution in [0.1, 0.15) is 12.8 Å². The third-order valence-corrected chi connectivity index (χ3v) is 4.37. The number of amides is 2. The van der Waals surface area contributed by atoms with Crippen molar-refractivity contribution < 1.29 is 4.79 Å². The highest BCUT2D eigenvalue weighted by atomic mass is 35.5. The molecule has 3 rings (SSSR count). The SMILES string of the molecule is O=C(NCCCn1ccnc1)NC1CCN(c2cccc(Cl)c2)C1. The lowest BCUT2D eigenvalue weighted by Gasteiger charge is -2.19. The molecule has 2 amide bonds. The summed E-state index contributed by atoms with van der Waals surface area (Å²) in [6.45, 7) is 3.23. The molecule has 1 unspecified atom stereocenters. The Balaban J connectivity index is 1.36. The lowest BCUT2D eigenvalue weighted by molar-refractivity contribution is 0.237. The van der Waals surface area contributed by atoms with Crippen molar-refractivity contribution in [2.24, 2.45) is 0 Å². The summed E-state index contributed by atoms with van der Waals surface area (Å²) in [7, 11) is 0. The topological polar surface area (TPSA) is 62.2 Å². The van der Waals surface area contributed by atoms with E-state index in [9.17, 15) is 4.79 Å². The molecule has 0 bridgehead atoms. The second kappa shape index (κ2) is 8.06. The Morgan fingerprint density at radius 3 is 3.12 bits per heavy atom. The number of carbonyl (C=O) groups is 1. The maximum Gasteiger partial charge on any atom is 0.315 e. The van der Waals surface area contributed by atoms with E-state index in [0.717, 1.165) is 43.2 Å². The van der Waals surface area contributed by atoms with Crippen molar-refractivity contribution in [3.8, 4) is 0 Å². The van der Waals surface area contributed by atoms with Crippen LogP contribution in [-0.4, -0.2) is 41.3 Å². The molecular formula is C17H22ClN5O. The number of carbonyl (C=O) groups excluding carboxylic acids is 1. The van der Waals surface area contributed by atoms with Crippen LogP contribution in [0.4, 0.5) is 10.5 Å². The largest absolute Gasteiger partial charge is 0.369 e. The van der Waals surface area contributed by atoms with E-state index in [2.05, 4.69) is 20.5 Å². The smallest absolute Gasteiger partial charge is 0.315 e. The molecule has 1 aromatic heterocycles. The fourth-order valence-corrected chi connectivity index (χ4v) is 3.09. The highest BCUT2D eigenvalue weighted by Crippen LogP contribution is 2.23. The first-order valence-corrected chi connectivity index (χ1v) is 8.59. The number of hydrogen-bond acceptors (Lipinski definition) is 3. The number of halogens is 1. The first-order valence-electron chi connectivity index (χ1n) is 8.21. The van der Waals surface area contributed by atoms with Crippen molar-refractivity contribution in [1.29, 1.82) is 0 Å². The fraction of sp³-hybridized carbons (Fsp3) is 0.412. The molecule has 1 fully saturated rings. The molecule has 7 heteroatoms. The van der Waals surface area contributed by atoms with E-state index in [1.165, 1.54) is 0 Å². The number of nitrogens with zero attached hydrogens (tertiary/aromatic N) is 3. The molecule has 2 N–H and O–H groups in total. The minimum Gasteiger partial charge on any atom is -0.369 e. The van der Waals surface area contributed by atoms with Gasteiger partial charge in [-0.2, -0.15) is 0 Å². The van der Waals surface area contributed by atoms with Crippen LogP contribution >= 0.6 is 11.6 Å². The first-order chi connectivity index (χ1) is 11.7. The van der Waals surface area contributed by atoms with Gasteiger partial charge < -0.3 is 20.1 Å². The van der Waals surface area contributed by atoms with E-state index in [0.29, 0.717) is 6.54 Å². The van der Waals surface area contributed by atoms with Gasteiger partial charge in [0, 0.05) is 55.3 Å². The number of benzene rings is 1. The molecule has 128 valence electrons. The van der Waals surface area contributed by atoms with Crippen molar-refractivity contribution in [2.75, 3.05) is 24.5 Å². The van der Waals surface area contributed by atoms with Gasteiger partial charge in [0.1, 0.15) is 0 Å². The van der Waals surface area contributed by atoms with E-state index >= 15 is 0 Å². The van der Waals surface area contributed by atoms with Crippen molar-refractivity contribution in [3.63, 3.8) is 0 Å². The van der Waals surface area contributed by atoms with Gasteiger partial charge in [0.15, 0.2) is 0 Å². The number of nitrogens with one attached hydrogen (secondary N) is 2. The summed E-state index contributed by atoms with van der Waals surface area (Å²) in [4.78, 5) is 18.2. The molecule has 0 saturated carbocycles. The van der Waals surface area contributed by atoms with E-state index in [4.69, 9.17) is 11.6 Å². The van der Waals surface area contributed by atoms with Crippen molar-refractivity contribution >= 4 is 23.3 Å². The summed E-state index contributed by atoms with van der Waals surface area (Å²) in [5, 5.41) is 6.69. The van der Waals surface area contributed by atoms with Gasteiger partial charge in [0.05, 0.1) is 6.33 Å². The predicted octanol–water partition coefficient (Wildman–Crippen LogP) is 2.50. The van der Waals surface area contributed by atoms with Gasteiger partial charge in [0.2, 0.25) is 0 Å². The van der Waals surface area contributed by atoms with Gasteiger partial charge in [0.25, 0.3) is 0 Å². The number of hydrogen-bond donors (Lipinski definition) is 2. The zero-order valence-electron chi connectivity index (χ0n) is 13.5. The van der Waals surface area contributed by atoms with E-state index in [1.54, 1.807) is 12.5 Å². The van der Waals surface area contributed by atoms with Crippen LogP contribution in [0.25, 0.3) is 0 Å². The Morgan fingerprint density at radius 1 is 1.42 bits per heavy atom. The quantitative estimate of drug-likeness (QED) is 0.789. The second-order valence-electron chi connectivity index (χ2n) is 5.97. The number of aryl methyl sites for hydroxylation is 1. The van der Waals surface area contributed by atoms with E-state index < -0.39 is 0 Å². The molecule has 2 aromatic rings. The average Bonchev–Trinajstić information content (AvgIpc) is 3.23. The van der Waals surface area contributed by atoms with Crippen LogP contribution in [0.2, 0.25) is 5.02 Å². The molecule has 0 spiro atoms. The highest BCUT2D eigenvalue weighted by Gasteiger charge is 2.24. The molecule has 6 nitrogen and oxygen atoms in total. The summed E-state index contributed by atoms with van der Waals surface area (Å²) in [6, 6.07) is 7.89. The number of imidazole rings is 1. The number of rotatable bonds is 6. The minimum atomic E-state index is -0.0985. The summed E-state index contributed by atoms with van der Waals surface area (Å²) < 4.78 is 2.00. The van der Waals surface area contributed by atoms with Gasteiger partial charge in [-0.1, -0.05) is 17.7 Å². The third kappa shape index (κ3) is 4.64. The van der Waals surface area contributed by atoms with Crippen LogP contribution in [0.5, 0.6) is 0 Å². The van der Waals surface area contributed by atoms with Crippen molar-refractivity contribution in [1.82, 2.24) is 20.2 Å². The number of urea groups is 1. The maximum atomic E-state index is 12.0. The average molecular weight is 348 g/mol. The molecule has 1 saturated heterocycles. The van der Waals surface area contributed by atoms with Gasteiger partial charge in [-0.3, -0.25) is 0 Å². The molecular weight excluding hydrogens is 326 g/mol. The molecule has 24 heavy (non-hydrogen) atoms. The lowest BCUT2D eigenvalue weighted by Crippen LogP contribution is -2.43. The first kappa shape index (κ1) is 16.6. The summed E-state index contributed by atoms with van der Waals surface area (Å²) in [6.07, 6.45) is 7.27. The lowest BCUT2D eigenvalue weighted by atomic mass is 10.3. The van der Waals surface area contributed by atoms with Crippen LogP contribution < -0.4 is 15.5 Å². The number of aromatic nitrogens is 2. The molecule has 1 aromatic carbocycles. The molecule has 1 atom stereocenters. The van der Waals surface area contributed by atoms with E-state index in [-0.39, 0.29) is 12.1 Å². The molecule has 1 aliphatic rings. The van der Waals surface area contributed by atoms with Crippen LogP contribution in [-0.2, 0) is 6.54 Å². The van der Waals surface area contributed by atoms with Crippen molar-refractivity contribution in [3.05, 3.63) is 48.0 Å². The van der Waals surface area contributed by atoms with Gasteiger partial charge in [-0.15, -0.1) is 0 Å².